The first-order chi connectivity index (χ1) is 7.99. The van der Waals surface area contributed by atoms with Crippen molar-refractivity contribution in [3.8, 4) is 0 Å². The quantitative estimate of drug-likeness (QED) is 0.709. The second-order valence-electron chi connectivity index (χ2n) is 6.68. The van der Waals surface area contributed by atoms with Crippen molar-refractivity contribution in [2.24, 2.45) is 0 Å². The molecule has 0 aromatic rings. The first-order valence-corrected chi connectivity index (χ1v) is 6.39. The number of rotatable bonds is 2. The highest BCUT2D eigenvalue weighted by atomic mass is 16.5. The summed E-state index contributed by atoms with van der Waals surface area (Å²) in [5, 5.41) is 13.4. The van der Waals surface area contributed by atoms with Crippen LogP contribution in [-0.4, -0.2) is 40.0 Å². The van der Waals surface area contributed by atoms with Gasteiger partial charge in [-0.25, -0.2) is 0 Å². The monoisotopic (exact) mass is 253 g/mol. The number of hydrogen-bond acceptors (Lipinski definition) is 2. The van der Waals surface area contributed by atoms with Gasteiger partial charge in [-0.15, -0.1) is 10.3 Å². The molecule has 1 heterocycles. The molecular weight excluding hydrogens is 228 g/mol. The summed E-state index contributed by atoms with van der Waals surface area (Å²) in [5.74, 6) is -0.0362. The molecule has 0 N–H and O–H groups in total. The van der Waals surface area contributed by atoms with E-state index in [0.717, 1.165) is 0 Å². The van der Waals surface area contributed by atoms with Crippen LogP contribution >= 0.6 is 0 Å². The van der Waals surface area contributed by atoms with E-state index in [1.54, 1.807) is 18.9 Å². The van der Waals surface area contributed by atoms with Crippen molar-refractivity contribution in [2.75, 3.05) is 7.05 Å². The van der Waals surface area contributed by atoms with Crippen molar-refractivity contribution >= 4 is 5.91 Å². The van der Waals surface area contributed by atoms with Crippen LogP contribution in [0.5, 0.6) is 0 Å². The minimum absolute atomic E-state index is 0.0362. The van der Waals surface area contributed by atoms with Gasteiger partial charge in [0.2, 0.25) is 5.91 Å². The second kappa shape index (κ2) is 4.67. The van der Waals surface area contributed by atoms with Crippen molar-refractivity contribution in [3.05, 3.63) is 12.2 Å². The van der Waals surface area contributed by atoms with Crippen LogP contribution in [0.1, 0.15) is 47.5 Å². The van der Waals surface area contributed by atoms with Gasteiger partial charge < -0.3 is 4.90 Å². The number of carbonyl (C=O) groups excluding carboxylic acids is 1. The lowest BCUT2D eigenvalue weighted by Crippen LogP contribution is -2.62. The molecule has 0 spiro atoms. The van der Waals surface area contributed by atoms with E-state index in [9.17, 15) is 10.0 Å². The van der Waals surface area contributed by atoms with Crippen LogP contribution in [0.2, 0.25) is 0 Å². The van der Waals surface area contributed by atoms with Gasteiger partial charge in [0.05, 0.1) is 0 Å². The lowest BCUT2D eigenvalue weighted by Gasteiger charge is -2.51. The number of amides is 1. The standard InChI is InChI=1S/C14H25N2O2/c1-10(2)12(17)15(7)11-8-13(3,4)16(18)14(5,6)9-11/h11H,1,8-9H2,2-7H3. The molecule has 4 heteroatoms. The number of piperidine rings is 1. The highest BCUT2D eigenvalue weighted by Gasteiger charge is 2.47. The summed E-state index contributed by atoms with van der Waals surface area (Å²) in [7, 11) is 1.80. The third-order valence-electron chi connectivity index (χ3n) is 3.80. The van der Waals surface area contributed by atoms with Crippen LogP contribution in [0.4, 0.5) is 0 Å². The first-order valence-electron chi connectivity index (χ1n) is 6.39. The zero-order valence-electron chi connectivity index (χ0n) is 12.4. The maximum Gasteiger partial charge on any atom is 0.248 e. The normalized spacial score (nSPS) is 23.7. The van der Waals surface area contributed by atoms with E-state index in [4.69, 9.17) is 0 Å². The Labute approximate surface area is 110 Å². The Morgan fingerprint density at radius 2 is 1.61 bits per heavy atom. The number of hydrogen-bond donors (Lipinski definition) is 0. The molecule has 1 saturated heterocycles. The smallest absolute Gasteiger partial charge is 0.248 e. The van der Waals surface area contributed by atoms with E-state index in [1.807, 2.05) is 27.7 Å². The van der Waals surface area contributed by atoms with Gasteiger partial charge >= 0.3 is 0 Å². The molecule has 1 rings (SSSR count). The van der Waals surface area contributed by atoms with Gasteiger partial charge in [-0.3, -0.25) is 4.79 Å². The summed E-state index contributed by atoms with van der Waals surface area (Å²) in [6, 6.07) is 0.0874. The lowest BCUT2D eigenvalue weighted by atomic mass is 9.78. The molecule has 1 aliphatic rings. The third kappa shape index (κ3) is 2.75. The molecule has 0 saturated carbocycles. The van der Waals surface area contributed by atoms with Crippen molar-refractivity contribution in [3.63, 3.8) is 0 Å². The third-order valence-corrected chi connectivity index (χ3v) is 3.80. The average molecular weight is 253 g/mol. The molecule has 1 aliphatic heterocycles. The molecule has 1 fully saturated rings. The molecule has 4 nitrogen and oxygen atoms in total. The predicted octanol–water partition coefficient (Wildman–Crippen LogP) is 2.39. The molecule has 0 aromatic heterocycles. The van der Waals surface area contributed by atoms with Gasteiger partial charge in [0.15, 0.2) is 0 Å². The number of hydroxylamine groups is 2. The van der Waals surface area contributed by atoms with Crippen molar-refractivity contribution < 1.29 is 10.0 Å². The Balaban J connectivity index is 2.93. The largest absolute Gasteiger partial charge is 0.339 e. The Morgan fingerprint density at radius 1 is 1.22 bits per heavy atom. The van der Waals surface area contributed by atoms with E-state index in [1.165, 1.54) is 5.06 Å². The Hall–Kier alpha value is -0.870. The molecule has 1 radical (unpaired) electrons. The molecule has 0 bridgehead atoms. The molecule has 0 unspecified atom stereocenters. The van der Waals surface area contributed by atoms with Crippen LogP contribution in [0.15, 0.2) is 12.2 Å². The maximum absolute atomic E-state index is 12.2. The van der Waals surface area contributed by atoms with Crippen LogP contribution in [0.25, 0.3) is 0 Å². The topological polar surface area (TPSA) is 43.5 Å². The van der Waals surface area contributed by atoms with Gasteiger partial charge in [0, 0.05) is 29.7 Å². The first kappa shape index (κ1) is 15.2. The fourth-order valence-electron chi connectivity index (χ4n) is 2.95. The average Bonchev–Trinajstić information content (AvgIpc) is 2.22. The van der Waals surface area contributed by atoms with Crippen molar-refractivity contribution in [1.29, 1.82) is 0 Å². The number of nitrogens with zero attached hydrogens (tertiary/aromatic N) is 2. The van der Waals surface area contributed by atoms with Gasteiger partial charge in [0.1, 0.15) is 0 Å². The lowest BCUT2D eigenvalue weighted by molar-refractivity contribution is -0.293. The van der Waals surface area contributed by atoms with E-state index in [0.29, 0.717) is 18.4 Å². The summed E-state index contributed by atoms with van der Waals surface area (Å²) in [6.45, 7) is 13.2. The van der Waals surface area contributed by atoms with Crippen molar-refractivity contribution in [2.45, 2.75) is 64.6 Å². The highest BCUT2D eigenvalue weighted by molar-refractivity contribution is 5.92. The summed E-state index contributed by atoms with van der Waals surface area (Å²) in [6.07, 6.45) is 1.38. The molecule has 18 heavy (non-hydrogen) atoms. The Bertz CT molecular complexity index is 343. The fraction of sp³-hybridized carbons (Fsp3) is 0.786. The van der Waals surface area contributed by atoms with Crippen LogP contribution in [-0.2, 0) is 10.0 Å². The maximum atomic E-state index is 12.2. The fourth-order valence-corrected chi connectivity index (χ4v) is 2.95. The summed E-state index contributed by atoms with van der Waals surface area (Å²) < 4.78 is 0. The summed E-state index contributed by atoms with van der Waals surface area (Å²) in [5.41, 5.74) is -0.357. The molecule has 0 atom stereocenters. The molecule has 0 aliphatic carbocycles. The second-order valence-corrected chi connectivity index (χ2v) is 6.68. The zero-order chi connectivity index (χ0) is 14.3. The number of carbonyl (C=O) groups is 1. The SMILES string of the molecule is C=C(C)C(=O)N(C)C1CC(C)(C)N([O])C(C)(C)C1. The van der Waals surface area contributed by atoms with Crippen LogP contribution in [0.3, 0.4) is 0 Å². The zero-order valence-corrected chi connectivity index (χ0v) is 12.4. The van der Waals surface area contributed by atoms with E-state index < -0.39 is 11.1 Å². The van der Waals surface area contributed by atoms with E-state index in [2.05, 4.69) is 6.58 Å². The van der Waals surface area contributed by atoms with Gasteiger partial charge in [-0.05, 0) is 47.5 Å². The molecular formula is C14H25N2O2. The van der Waals surface area contributed by atoms with Crippen molar-refractivity contribution in [1.82, 2.24) is 9.96 Å². The predicted molar refractivity (Wildman–Crippen MR) is 71.3 cm³/mol. The Kier molecular flexibility index (Phi) is 3.94. The minimum atomic E-state index is -0.448. The van der Waals surface area contributed by atoms with Gasteiger partial charge in [-0.2, -0.15) is 0 Å². The highest BCUT2D eigenvalue weighted by Crippen LogP contribution is 2.38. The number of likely N-dealkylation sites (N-methyl/N-ethyl adjacent to an activating group) is 1. The van der Waals surface area contributed by atoms with Crippen LogP contribution < -0.4 is 0 Å². The van der Waals surface area contributed by atoms with Gasteiger partial charge in [0.25, 0.3) is 0 Å². The van der Waals surface area contributed by atoms with E-state index in [-0.39, 0.29) is 11.9 Å². The van der Waals surface area contributed by atoms with Gasteiger partial charge in [-0.1, -0.05) is 6.58 Å². The van der Waals surface area contributed by atoms with E-state index >= 15 is 0 Å². The molecule has 0 aromatic carbocycles. The molecule has 1 amide bonds. The minimum Gasteiger partial charge on any atom is -0.339 e. The molecule has 103 valence electrons. The summed E-state index contributed by atoms with van der Waals surface area (Å²) >= 11 is 0. The Morgan fingerprint density at radius 3 is 1.94 bits per heavy atom. The summed E-state index contributed by atoms with van der Waals surface area (Å²) in [4.78, 5) is 13.7. The van der Waals surface area contributed by atoms with Crippen LogP contribution in [0, 0.1) is 0 Å².